The van der Waals surface area contributed by atoms with Gasteiger partial charge in [-0.1, -0.05) is 12.1 Å². The maximum Gasteiger partial charge on any atom is 0.408 e. The van der Waals surface area contributed by atoms with Gasteiger partial charge in [-0.3, -0.25) is 0 Å². The second-order valence-corrected chi connectivity index (χ2v) is 7.39. The number of aromatic nitrogens is 1. The first-order chi connectivity index (χ1) is 10.7. The summed E-state index contributed by atoms with van der Waals surface area (Å²) in [4.78, 5) is 16.5. The number of carbonyl (C=O) groups is 1. The number of nitrogens with one attached hydrogen (secondary N) is 1. The Morgan fingerprint density at radius 3 is 2.74 bits per heavy atom. The minimum Gasteiger partial charge on any atom is -0.444 e. The minimum atomic E-state index is -0.578. The molecule has 4 nitrogen and oxygen atoms in total. The van der Waals surface area contributed by atoms with Gasteiger partial charge >= 0.3 is 6.09 Å². The lowest BCUT2D eigenvalue weighted by atomic mass is 10.0. The molecule has 2 aromatic rings. The lowest BCUT2D eigenvalue weighted by molar-refractivity contribution is 0.0502. The number of alkyl carbamates (subject to hydrolysis) is 1. The Morgan fingerprint density at radius 1 is 1.43 bits per heavy atom. The molecule has 0 aliphatic heterocycles. The van der Waals surface area contributed by atoms with Crippen molar-refractivity contribution in [1.82, 2.24) is 10.3 Å². The molecule has 6 heteroatoms. The summed E-state index contributed by atoms with van der Waals surface area (Å²) in [5.74, 6) is -0.298. The molecule has 124 valence electrons. The summed E-state index contributed by atoms with van der Waals surface area (Å²) < 4.78 is 18.7. The van der Waals surface area contributed by atoms with E-state index in [0.29, 0.717) is 6.42 Å². The van der Waals surface area contributed by atoms with E-state index in [4.69, 9.17) is 4.74 Å². The lowest BCUT2D eigenvalue weighted by Crippen LogP contribution is -2.36. The van der Waals surface area contributed by atoms with Gasteiger partial charge in [-0.2, -0.15) is 0 Å². The molecule has 0 saturated heterocycles. The third-order valence-corrected chi connectivity index (χ3v) is 3.81. The molecule has 0 aliphatic rings. The van der Waals surface area contributed by atoms with Gasteiger partial charge in [0.2, 0.25) is 0 Å². The third-order valence-electron chi connectivity index (χ3n) is 3.01. The quantitative estimate of drug-likeness (QED) is 0.900. The van der Waals surface area contributed by atoms with Crippen LogP contribution in [0.1, 0.15) is 43.1 Å². The van der Waals surface area contributed by atoms with Gasteiger partial charge in [0.25, 0.3) is 0 Å². The molecule has 1 heterocycles. The minimum absolute atomic E-state index is 0.298. The van der Waals surface area contributed by atoms with Crippen molar-refractivity contribution < 1.29 is 13.9 Å². The Hall–Kier alpha value is -1.95. The largest absolute Gasteiger partial charge is 0.444 e. The van der Waals surface area contributed by atoms with E-state index >= 15 is 0 Å². The van der Waals surface area contributed by atoms with Crippen molar-refractivity contribution in [2.75, 3.05) is 0 Å². The number of hydrogen-bond donors (Lipinski definition) is 1. The van der Waals surface area contributed by atoms with Gasteiger partial charge in [0.05, 0.1) is 16.7 Å². The number of benzene rings is 1. The van der Waals surface area contributed by atoms with Crippen LogP contribution in [0, 0.1) is 12.7 Å². The van der Waals surface area contributed by atoms with Gasteiger partial charge in [-0.05, 0) is 51.8 Å². The molecule has 0 radical (unpaired) electrons. The van der Waals surface area contributed by atoms with E-state index in [0.717, 1.165) is 16.3 Å². The maximum atomic E-state index is 13.4. The second-order valence-electron chi connectivity index (χ2n) is 6.32. The molecule has 1 aromatic carbocycles. The van der Waals surface area contributed by atoms with Crippen LogP contribution in [0.5, 0.6) is 0 Å². The Balaban J connectivity index is 2.17. The fourth-order valence-electron chi connectivity index (χ4n) is 2.12. The molecule has 23 heavy (non-hydrogen) atoms. The molecule has 1 N–H and O–H groups in total. The molecule has 0 fully saturated rings. The fourth-order valence-corrected chi connectivity index (χ4v) is 2.79. The molecule has 0 bridgehead atoms. The van der Waals surface area contributed by atoms with Crippen LogP contribution in [-0.2, 0) is 11.2 Å². The molecule has 2 rings (SSSR count). The zero-order chi connectivity index (χ0) is 17.0. The van der Waals surface area contributed by atoms with Gasteiger partial charge in [0.15, 0.2) is 0 Å². The Labute approximate surface area is 139 Å². The molecule has 0 saturated carbocycles. The van der Waals surface area contributed by atoms with Crippen molar-refractivity contribution in [3.05, 3.63) is 51.7 Å². The number of carbonyl (C=O) groups excluding carboxylic acids is 1. The topological polar surface area (TPSA) is 51.2 Å². The summed E-state index contributed by atoms with van der Waals surface area (Å²) in [5.41, 5.74) is 0.963. The van der Waals surface area contributed by atoms with E-state index < -0.39 is 11.7 Å². The van der Waals surface area contributed by atoms with Gasteiger partial charge in [-0.25, -0.2) is 14.2 Å². The summed E-state index contributed by atoms with van der Waals surface area (Å²) in [7, 11) is 0. The van der Waals surface area contributed by atoms with Crippen LogP contribution >= 0.6 is 11.3 Å². The number of hydrogen-bond acceptors (Lipinski definition) is 4. The number of ether oxygens (including phenoxy) is 1. The first kappa shape index (κ1) is 17.4. The van der Waals surface area contributed by atoms with Gasteiger partial charge < -0.3 is 10.1 Å². The van der Waals surface area contributed by atoms with Crippen molar-refractivity contribution in [2.45, 2.75) is 45.8 Å². The van der Waals surface area contributed by atoms with Crippen LogP contribution in [0.3, 0.4) is 0 Å². The summed E-state index contributed by atoms with van der Waals surface area (Å²) in [5, 5.41) is 5.64. The van der Waals surface area contributed by atoms with Crippen LogP contribution < -0.4 is 5.32 Å². The van der Waals surface area contributed by atoms with E-state index in [1.165, 1.54) is 23.5 Å². The van der Waals surface area contributed by atoms with Crippen molar-refractivity contribution >= 4 is 17.4 Å². The highest BCUT2D eigenvalue weighted by atomic mass is 32.1. The number of amides is 1. The number of rotatable bonds is 4. The molecule has 1 unspecified atom stereocenters. The molecule has 0 spiro atoms. The van der Waals surface area contributed by atoms with Gasteiger partial charge in [0.1, 0.15) is 11.4 Å². The molecule has 1 amide bonds. The van der Waals surface area contributed by atoms with Crippen molar-refractivity contribution in [3.8, 4) is 0 Å². The SMILES string of the molecule is Cc1nc(C(Cc2cccc(F)c2)NC(=O)OC(C)(C)C)cs1. The highest BCUT2D eigenvalue weighted by Crippen LogP contribution is 2.22. The van der Waals surface area contributed by atoms with E-state index in [2.05, 4.69) is 10.3 Å². The van der Waals surface area contributed by atoms with Crippen LogP contribution in [0.4, 0.5) is 9.18 Å². The summed E-state index contributed by atoms with van der Waals surface area (Å²) in [6.45, 7) is 7.32. The molecular formula is C17H21FN2O2S. The monoisotopic (exact) mass is 336 g/mol. The predicted molar refractivity (Wildman–Crippen MR) is 89.1 cm³/mol. The third kappa shape index (κ3) is 5.63. The van der Waals surface area contributed by atoms with Crippen LogP contribution in [-0.4, -0.2) is 16.7 Å². The van der Waals surface area contributed by atoms with Crippen molar-refractivity contribution in [3.63, 3.8) is 0 Å². The zero-order valence-corrected chi connectivity index (χ0v) is 14.5. The Morgan fingerprint density at radius 2 is 2.17 bits per heavy atom. The maximum absolute atomic E-state index is 13.4. The van der Waals surface area contributed by atoms with Crippen LogP contribution in [0.25, 0.3) is 0 Å². The van der Waals surface area contributed by atoms with E-state index in [9.17, 15) is 9.18 Å². The zero-order valence-electron chi connectivity index (χ0n) is 13.7. The van der Waals surface area contributed by atoms with Crippen LogP contribution in [0.15, 0.2) is 29.6 Å². The van der Waals surface area contributed by atoms with E-state index in [-0.39, 0.29) is 11.9 Å². The average molecular weight is 336 g/mol. The number of halogens is 1. The summed E-state index contributed by atoms with van der Waals surface area (Å²) in [6.07, 6.45) is -0.0651. The number of nitrogens with zero attached hydrogens (tertiary/aromatic N) is 1. The number of aryl methyl sites for hydroxylation is 1. The molecule has 1 aromatic heterocycles. The van der Waals surface area contributed by atoms with Gasteiger partial charge in [0, 0.05) is 5.38 Å². The fraction of sp³-hybridized carbons (Fsp3) is 0.412. The highest BCUT2D eigenvalue weighted by Gasteiger charge is 2.22. The number of thiazole rings is 1. The lowest BCUT2D eigenvalue weighted by Gasteiger charge is -2.23. The smallest absolute Gasteiger partial charge is 0.408 e. The van der Waals surface area contributed by atoms with E-state index in [1.54, 1.807) is 26.8 Å². The average Bonchev–Trinajstić information content (AvgIpc) is 2.82. The highest BCUT2D eigenvalue weighted by molar-refractivity contribution is 7.09. The standard InChI is InChI=1S/C17H21FN2O2S/c1-11-19-15(10-23-11)14(20-16(21)22-17(2,3)4)9-12-6-5-7-13(18)8-12/h5-8,10,14H,9H2,1-4H3,(H,20,21). The second kappa shape index (κ2) is 7.08. The first-order valence-corrected chi connectivity index (χ1v) is 8.27. The Kier molecular flexibility index (Phi) is 5.36. The van der Waals surface area contributed by atoms with Crippen LogP contribution in [0.2, 0.25) is 0 Å². The first-order valence-electron chi connectivity index (χ1n) is 7.39. The normalized spacial score (nSPS) is 12.7. The Bertz CT molecular complexity index is 679. The summed E-state index contributed by atoms with van der Waals surface area (Å²) >= 11 is 1.51. The van der Waals surface area contributed by atoms with Crippen molar-refractivity contribution in [1.29, 1.82) is 0 Å². The summed E-state index contributed by atoms with van der Waals surface area (Å²) in [6, 6.07) is 5.97. The molecule has 1 atom stereocenters. The van der Waals surface area contributed by atoms with Gasteiger partial charge in [-0.15, -0.1) is 11.3 Å². The van der Waals surface area contributed by atoms with Crippen molar-refractivity contribution in [2.24, 2.45) is 0 Å². The predicted octanol–water partition coefficient (Wildman–Crippen LogP) is 4.40. The molecule has 0 aliphatic carbocycles. The van der Waals surface area contributed by atoms with E-state index in [1.807, 2.05) is 18.4 Å². The molecular weight excluding hydrogens is 315 g/mol.